The third kappa shape index (κ3) is 6.20. The Morgan fingerprint density at radius 1 is 1.24 bits per heavy atom. The van der Waals surface area contributed by atoms with Gasteiger partial charge in [-0.3, -0.25) is 0 Å². The summed E-state index contributed by atoms with van der Waals surface area (Å²) in [4.78, 5) is 0.343. The smallest absolute Gasteiger partial charge is 0.242 e. The van der Waals surface area contributed by atoms with Gasteiger partial charge in [-0.15, -0.1) is 0 Å². The molecule has 1 rings (SSSR count). The van der Waals surface area contributed by atoms with Crippen LogP contribution in [0.4, 0.5) is 0 Å². The molecule has 21 heavy (non-hydrogen) atoms. The molecular weight excluding hydrogens is 286 g/mol. The summed E-state index contributed by atoms with van der Waals surface area (Å²) in [5, 5.41) is 3.30. The highest BCUT2D eigenvalue weighted by Crippen LogP contribution is 2.14. The highest BCUT2D eigenvalue weighted by atomic mass is 32.2. The lowest BCUT2D eigenvalue weighted by Crippen LogP contribution is -2.24. The zero-order chi connectivity index (χ0) is 16.0. The maximum atomic E-state index is 12.2. The molecule has 5 nitrogen and oxygen atoms in total. The van der Waals surface area contributed by atoms with Gasteiger partial charge in [0.2, 0.25) is 10.0 Å². The van der Waals surface area contributed by atoms with E-state index in [1.807, 2.05) is 11.6 Å². The number of hydrogen-bond acceptors (Lipinski definition) is 3. The fourth-order valence-electron chi connectivity index (χ4n) is 2.01. The second kappa shape index (κ2) is 7.96. The summed E-state index contributed by atoms with van der Waals surface area (Å²) in [5.74, 6) is 0.597. The molecule has 0 aliphatic carbocycles. The molecule has 0 atom stereocenters. The van der Waals surface area contributed by atoms with Crippen molar-refractivity contribution < 1.29 is 8.42 Å². The zero-order valence-electron chi connectivity index (χ0n) is 13.8. The van der Waals surface area contributed by atoms with Crippen molar-refractivity contribution >= 4 is 10.0 Å². The first-order valence-corrected chi connectivity index (χ1v) is 9.09. The maximum absolute atomic E-state index is 12.2. The van der Waals surface area contributed by atoms with Gasteiger partial charge in [0.25, 0.3) is 0 Å². The molecule has 0 aliphatic heterocycles. The van der Waals surface area contributed by atoms with Crippen molar-refractivity contribution in [3.63, 3.8) is 0 Å². The van der Waals surface area contributed by atoms with Crippen LogP contribution in [0.15, 0.2) is 17.2 Å². The second-order valence-electron chi connectivity index (χ2n) is 6.25. The van der Waals surface area contributed by atoms with Crippen molar-refractivity contribution in [3.8, 4) is 0 Å². The van der Waals surface area contributed by atoms with Gasteiger partial charge < -0.3 is 9.88 Å². The molecular formula is C15H29N3O2S. The standard InChI is InChI=1S/C15H29N3O2S/c1-12(2)7-6-8-17-21(19,20)15-9-14(18(5)11-15)10-16-13(3)4/h9,11-13,16-17H,6-8,10H2,1-5H3. The highest BCUT2D eigenvalue weighted by molar-refractivity contribution is 7.89. The average molecular weight is 315 g/mol. The van der Waals surface area contributed by atoms with Crippen molar-refractivity contribution in [3.05, 3.63) is 18.0 Å². The third-order valence-electron chi connectivity index (χ3n) is 3.33. The molecule has 6 heteroatoms. The predicted molar refractivity (Wildman–Crippen MR) is 86.6 cm³/mol. The van der Waals surface area contributed by atoms with Crippen LogP contribution in [0.5, 0.6) is 0 Å². The van der Waals surface area contributed by atoms with Crippen molar-refractivity contribution in [1.29, 1.82) is 0 Å². The Morgan fingerprint density at radius 2 is 1.90 bits per heavy atom. The van der Waals surface area contributed by atoms with Gasteiger partial charge in [-0.1, -0.05) is 27.7 Å². The molecule has 1 aromatic heterocycles. The maximum Gasteiger partial charge on any atom is 0.242 e. The van der Waals surface area contributed by atoms with Crippen molar-refractivity contribution in [1.82, 2.24) is 14.6 Å². The summed E-state index contributed by atoms with van der Waals surface area (Å²) in [7, 11) is -1.53. The SMILES string of the molecule is CC(C)CCCNS(=O)(=O)c1cc(CNC(C)C)n(C)c1. The Morgan fingerprint density at radius 3 is 2.48 bits per heavy atom. The van der Waals surface area contributed by atoms with Crippen LogP contribution in [0.3, 0.4) is 0 Å². The van der Waals surface area contributed by atoms with E-state index in [0.717, 1.165) is 18.5 Å². The Kier molecular flexibility index (Phi) is 6.90. The molecule has 0 bridgehead atoms. The minimum Gasteiger partial charge on any atom is -0.352 e. The van der Waals surface area contributed by atoms with Crippen molar-refractivity contribution in [2.45, 2.75) is 58.0 Å². The predicted octanol–water partition coefficient (Wildman–Crippen LogP) is 2.24. The number of hydrogen-bond donors (Lipinski definition) is 2. The molecule has 0 unspecified atom stereocenters. The second-order valence-corrected chi connectivity index (χ2v) is 8.01. The van der Waals surface area contributed by atoms with Gasteiger partial charge in [-0.05, 0) is 24.8 Å². The fraction of sp³-hybridized carbons (Fsp3) is 0.733. The number of rotatable bonds is 9. The number of aryl methyl sites for hydroxylation is 1. The summed E-state index contributed by atoms with van der Waals surface area (Å²) in [6, 6.07) is 2.11. The minimum absolute atomic E-state index is 0.343. The Bertz CT molecular complexity index is 533. The summed E-state index contributed by atoms with van der Waals surface area (Å²) in [5.41, 5.74) is 0.964. The van der Waals surface area contributed by atoms with E-state index in [2.05, 4.69) is 37.7 Å². The largest absolute Gasteiger partial charge is 0.352 e. The lowest BCUT2D eigenvalue weighted by atomic mass is 10.1. The monoisotopic (exact) mass is 315 g/mol. The zero-order valence-corrected chi connectivity index (χ0v) is 14.6. The fourth-order valence-corrected chi connectivity index (χ4v) is 3.18. The van der Waals surface area contributed by atoms with Gasteiger partial charge in [-0.2, -0.15) is 0 Å². The first-order valence-electron chi connectivity index (χ1n) is 7.60. The molecule has 0 fully saturated rings. The molecule has 0 saturated heterocycles. The summed E-state index contributed by atoms with van der Waals surface area (Å²) >= 11 is 0. The van der Waals surface area contributed by atoms with E-state index in [-0.39, 0.29) is 0 Å². The number of nitrogens with zero attached hydrogens (tertiary/aromatic N) is 1. The van der Waals surface area contributed by atoms with Gasteiger partial charge in [0.1, 0.15) is 0 Å². The van der Waals surface area contributed by atoms with Crippen LogP contribution in [-0.4, -0.2) is 25.6 Å². The molecule has 1 aromatic rings. The summed E-state index contributed by atoms with van der Waals surface area (Å²) < 4.78 is 29.0. The van der Waals surface area contributed by atoms with Crippen LogP contribution in [0.1, 0.15) is 46.2 Å². The van der Waals surface area contributed by atoms with Gasteiger partial charge in [-0.25, -0.2) is 13.1 Å². The van der Waals surface area contributed by atoms with E-state index in [4.69, 9.17) is 0 Å². The van der Waals surface area contributed by atoms with E-state index in [1.165, 1.54) is 0 Å². The molecule has 2 N–H and O–H groups in total. The Hall–Kier alpha value is -0.850. The van der Waals surface area contributed by atoms with Gasteiger partial charge in [0.05, 0.1) is 4.90 Å². The van der Waals surface area contributed by atoms with Crippen LogP contribution in [0.25, 0.3) is 0 Å². The summed E-state index contributed by atoms with van der Waals surface area (Å²) in [6.07, 6.45) is 3.56. The van der Waals surface area contributed by atoms with E-state index in [1.54, 1.807) is 12.3 Å². The molecule has 0 amide bonds. The molecule has 0 radical (unpaired) electrons. The van der Waals surface area contributed by atoms with Crippen molar-refractivity contribution in [2.24, 2.45) is 13.0 Å². The van der Waals surface area contributed by atoms with E-state index in [9.17, 15) is 8.42 Å². The van der Waals surface area contributed by atoms with Crippen LogP contribution in [-0.2, 0) is 23.6 Å². The van der Waals surface area contributed by atoms with Crippen LogP contribution < -0.4 is 10.0 Å². The van der Waals surface area contributed by atoms with Gasteiger partial charge >= 0.3 is 0 Å². The Labute approximate surface area is 129 Å². The lowest BCUT2D eigenvalue weighted by Gasteiger charge is -2.08. The third-order valence-corrected chi connectivity index (χ3v) is 4.76. The highest BCUT2D eigenvalue weighted by Gasteiger charge is 2.17. The van der Waals surface area contributed by atoms with E-state index < -0.39 is 10.0 Å². The molecule has 1 heterocycles. The molecule has 0 aromatic carbocycles. The number of nitrogens with one attached hydrogen (secondary N) is 2. The normalized spacial score (nSPS) is 12.5. The first kappa shape index (κ1) is 18.2. The van der Waals surface area contributed by atoms with E-state index in [0.29, 0.717) is 29.9 Å². The van der Waals surface area contributed by atoms with E-state index >= 15 is 0 Å². The number of sulfonamides is 1. The van der Waals surface area contributed by atoms with Crippen LogP contribution >= 0.6 is 0 Å². The van der Waals surface area contributed by atoms with Crippen molar-refractivity contribution in [2.75, 3.05) is 6.54 Å². The molecule has 0 saturated carbocycles. The van der Waals surface area contributed by atoms with Gasteiger partial charge in [0, 0.05) is 38.1 Å². The van der Waals surface area contributed by atoms with Crippen LogP contribution in [0.2, 0.25) is 0 Å². The van der Waals surface area contributed by atoms with Crippen LogP contribution in [0, 0.1) is 5.92 Å². The Balaban J connectivity index is 2.64. The summed E-state index contributed by atoms with van der Waals surface area (Å²) in [6.45, 7) is 9.57. The minimum atomic E-state index is -3.40. The average Bonchev–Trinajstić information content (AvgIpc) is 2.74. The van der Waals surface area contributed by atoms with Gasteiger partial charge in [0.15, 0.2) is 0 Å². The first-order chi connectivity index (χ1) is 9.72. The quantitative estimate of drug-likeness (QED) is 0.687. The molecule has 122 valence electrons. The molecule has 0 spiro atoms. The molecule has 0 aliphatic rings. The number of aromatic nitrogens is 1. The lowest BCUT2D eigenvalue weighted by molar-refractivity contribution is 0.540. The topological polar surface area (TPSA) is 63.1 Å².